The SMILES string of the molecule is CC(C)C1CC(CN)(N2CCc3ccccc3CC2)C1. The summed E-state index contributed by atoms with van der Waals surface area (Å²) in [7, 11) is 0. The highest BCUT2D eigenvalue weighted by Crippen LogP contribution is 2.46. The highest BCUT2D eigenvalue weighted by atomic mass is 15.2. The molecular formula is C18H28N2. The minimum atomic E-state index is 0.303. The van der Waals surface area contributed by atoms with Crippen molar-refractivity contribution in [3.05, 3.63) is 35.4 Å². The lowest BCUT2D eigenvalue weighted by atomic mass is 9.63. The summed E-state index contributed by atoms with van der Waals surface area (Å²) in [4.78, 5) is 2.70. The zero-order valence-electron chi connectivity index (χ0n) is 12.9. The first kappa shape index (κ1) is 14.1. The van der Waals surface area contributed by atoms with Crippen molar-refractivity contribution in [3.8, 4) is 0 Å². The molecule has 0 amide bonds. The molecule has 0 spiro atoms. The third-order valence-corrected chi connectivity index (χ3v) is 5.70. The van der Waals surface area contributed by atoms with Gasteiger partial charge in [0.2, 0.25) is 0 Å². The van der Waals surface area contributed by atoms with E-state index < -0.39 is 0 Å². The van der Waals surface area contributed by atoms with Crippen molar-refractivity contribution in [2.75, 3.05) is 19.6 Å². The first-order valence-electron chi connectivity index (χ1n) is 8.16. The van der Waals surface area contributed by atoms with Crippen LogP contribution >= 0.6 is 0 Å². The Morgan fingerprint density at radius 3 is 2.15 bits per heavy atom. The van der Waals surface area contributed by atoms with Crippen molar-refractivity contribution in [2.45, 2.75) is 45.1 Å². The zero-order valence-corrected chi connectivity index (χ0v) is 12.9. The second-order valence-electron chi connectivity index (χ2n) is 7.10. The topological polar surface area (TPSA) is 29.3 Å². The molecule has 2 nitrogen and oxygen atoms in total. The van der Waals surface area contributed by atoms with Crippen molar-refractivity contribution in [3.63, 3.8) is 0 Å². The van der Waals surface area contributed by atoms with Crippen LogP contribution in [0.1, 0.15) is 37.8 Å². The molecule has 1 heterocycles. The van der Waals surface area contributed by atoms with E-state index in [-0.39, 0.29) is 0 Å². The minimum Gasteiger partial charge on any atom is -0.329 e. The van der Waals surface area contributed by atoms with Gasteiger partial charge in [0, 0.05) is 25.2 Å². The standard InChI is InChI=1S/C18H28N2/c1-14(2)17-11-18(12-17,13-19)20-9-7-15-5-3-4-6-16(15)8-10-20/h3-6,14,17H,7-13,19H2,1-2H3. The predicted molar refractivity (Wildman–Crippen MR) is 84.8 cm³/mol. The second-order valence-corrected chi connectivity index (χ2v) is 7.10. The zero-order chi connectivity index (χ0) is 14.2. The average Bonchev–Trinajstić information content (AvgIpc) is 2.61. The lowest BCUT2D eigenvalue weighted by Crippen LogP contribution is -2.63. The molecule has 110 valence electrons. The first-order chi connectivity index (χ1) is 9.64. The maximum absolute atomic E-state index is 6.18. The minimum absolute atomic E-state index is 0.303. The number of hydrogen-bond acceptors (Lipinski definition) is 2. The summed E-state index contributed by atoms with van der Waals surface area (Å²) in [5.74, 6) is 1.68. The first-order valence-corrected chi connectivity index (χ1v) is 8.16. The van der Waals surface area contributed by atoms with Gasteiger partial charge in [-0.1, -0.05) is 38.1 Å². The molecule has 2 aliphatic rings. The van der Waals surface area contributed by atoms with Crippen molar-refractivity contribution < 1.29 is 0 Å². The van der Waals surface area contributed by atoms with Crippen LogP contribution in [-0.2, 0) is 12.8 Å². The molecule has 0 aromatic heterocycles. The normalized spacial score (nSPS) is 30.7. The Morgan fingerprint density at radius 1 is 1.15 bits per heavy atom. The number of nitrogens with two attached hydrogens (primary N) is 1. The van der Waals surface area contributed by atoms with Gasteiger partial charge in [0.25, 0.3) is 0 Å². The number of rotatable bonds is 3. The van der Waals surface area contributed by atoms with Crippen molar-refractivity contribution in [1.29, 1.82) is 0 Å². The van der Waals surface area contributed by atoms with E-state index in [2.05, 4.69) is 43.0 Å². The van der Waals surface area contributed by atoms with Crippen LogP contribution in [-0.4, -0.2) is 30.1 Å². The van der Waals surface area contributed by atoms with Gasteiger partial charge in [0.1, 0.15) is 0 Å². The van der Waals surface area contributed by atoms with Gasteiger partial charge in [-0.25, -0.2) is 0 Å². The van der Waals surface area contributed by atoms with Crippen molar-refractivity contribution in [1.82, 2.24) is 4.90 Å². The molecule has 0 atom stereocenters. The number of benzene rings is 1. The Kier molecular flexibility index (Phi) is 3.87. The Hall–Kier alpha value is -0.860. The third-order valence-electron chi connectivity index (χ3n) is 5.70. The van der Waals surface area contributed by atoms with E-state index in [9.17, 15) is 0 Å². The van der Waals surface area contributed by atoms with E-state index in [1.807, 2.05) is 0 Å². The van der Waals surface area contributed by atoms with Crippen LogP contribution in [0.25, 0.3) is 0 Å². The van der Waals surface area contributed by atoms with Gasteiger partial charge in [0.05, 0.1) is 0 Å². The summed E-state index contributed by atoms with van der Waals surface area (Å²) in [5, 5.41) is 0. The Balaban J connectivity index is 1.70. The van der Waals surface area contributed by atoms with Gasteiger partial charge >= 0.3 is 0 Å². The summed E-state index contributed by atoms with van der Waals surface area (Å²) in [6.07, 6.45) is 4.98. The largest absolute Gasteiger partial charge is 0.329 e. The van der Waals surface area contributed by atoms with E-state index in [0.29, 0.717) is 5.54 Å². The quantitative estimate of drug-likeness (QED) is 0.917. The summed E-state index contributed by atoms with van der Waals surface area (Å²) < 4.78 is 0. The molecule has 1 fully saturated rings. The van der Waals surface area contributed by atoms with E-state index in [1.54, 1.807) is 11.1 Å². The maximum atomic E-state index is 6.18. The Labute approximate surface area is 123 Å². The summed E-state index contributed by atoms with van der Waals surface area (Å²) >= 11 is 0. The molecule has 2 heteroatoms. The molecule has 1 aliphatic heterocycles. The highest BCUT2D eigenvalue weighted by molar-refractivity contribution is 5.29. The maximum Gasteiger partial charge on any atom is 0.0337 e. The molecular weight excluding hydrogens is 244 g/mol. The molecule has 0 bridgehead atoms. The summed E-state index contributed by atoms with van der Waals surface area (Å²) in [5.41, 5.74) is 9.57. The smallest absolute Gasteiger partial charge is 0.0337 e. The Bertz CT molecular complexity index is 433. The van der Waals surface area contributed by atoms with Crippen LogP contribution in [0.2, 0.25) is 0 Å². The summed E-state index contributed by atoms with van der Waals surface area (Å²) in [6, 6.07) is 8.94. The molecule has 2 N–H and O–H groups in total. The Morgan fingerprint density at radius 2 is 1.70 bits per heavy atom. The van der Waals surface area contributed by atoms with Crippen LogP contribution in [0.4, 0.5) is 0 Å². The van der Waals surface area contributed by atoms with Gasteiger partial charge in [0.15, 0.2) is 0 Å². The second kappa shape index (κ2) is 5.50. The van der Waals surface area contributed by atoms with Gasteiger partial charge in [-0.15, -0.1) is 0 Å². The summed E-state index contributed by atoms with van der Waals surface area (Å²) in [6.45, 7) is 7.89. The molecule has 0 radical (unpaired) electrons. The van der Waals surface area contributed by atoms with Gasteiger partial charge < -0.3 is 5.73 Å². The third kappa shape index (κ3) is 2.40. The van der Waals surface area contributed by atoms with Gasteiger partial charge in [-0.3, -0.25) is 4.90 Å². The highest BCUT2D eigenvalue weighted by Gasteiger charge is 2.48. The van der Waals surface area contributed by atoms with Crippen LogP contribution in [0.3, 0.4) is 0 Å². The fourth-order valence-corrected chi connectivity index (χ4v) is 4.08. The van der Waals surface area contributed by atoms with E-state index in [0.717, 1.165) is 18.4 Å². The molecule has 1 aliphatic carbocycles. The molecule has 0 saturated heterocycles. The van der Waals surface area contributed by atoms with Crippen LogP contribution in [0.15, 0.2) is 24.3 Å². The van der Waals surface area contributed by atoms with E-state index >= 15 is 0 Å². The predicted octanol–water partition coefficient (Wildman–Crippen LogP) is 2.85. The van der Waals surface area contributed by atoms with E-state index in [1.165, 1.54) is 38.8 Å². The molecule has 1 aromatic carbocycles. The van der Waals surface area contributed by atoms with Crippen molar-refractivity contribution >= 4 is 0 Å². The molecule has 1 aromatic rings. The number of nitrogens with zero attached hydrogens (tertiary/aromatic N) is 1. The molecule has 0 unspecified atom stereocenters. The molecule has 20 heavy (non-hydrogen) atoms. The monoisotopic (exact) mass is 272 g/mol. The average molecular weight is 272 g/mol. The lowest BCUT2D eigenvalue weighted by molar-refractivity contribution is -0.0328. The van der Waals surface area contributed by atoms with Crippen LogP contribution in [0, 0.1) is 11.8 Å². The van der Waals surface area contributed by atoms with E-state index in [4.69, 9.17) is 5.73 Å². The number of hydrogen-bond donors (Lipinski definition) is 1. The van der Waals surface area contributed by atoms with Crippen LogP contribution < -0.4 is 5.73 Å². The van der Waals surface area contributed by atoms with Crippen LogP contribution in [0.5, 0.6) is 0 Å². The lowest BCUT2D eigenvalue weighted by Gasteiger charge is -2.55. The van der Waals surface area contributed by atoms with Gasteiger partial charge in [-0.2, -0.15) is 0 Å². The molecule has 3 rings (SSSR count). The number of fused-ring (bicyclic) bond motifs is 1. The molecule has 1 saturated carbocycles. The fourth-order valence-electron chi connectivity index (χ4n) is 4.08. The van der Waals surface area contributed by atoms with Gasteiger partial charge in [-0.05, 0) is 48.6 Å². The van der Waals surface area contributed by atoms with Crippen molar-refractivity contribution in [2.24, 2.45) is 17.6 Å². The fraction of sp³-hybridized carbons (Fsp3) is 0.667.